The molecule has 3 rings (SSSR count). The summed E-state index contributed by atoms with van der Waals surface area (Å²) in [6.07, 6.45) is 4.87. The number of amides is 1. The van der Waals surface area contributed by atoms with Crippen LogP contribution in [0, 0.1) is 0 Å². The number of hydrogen-bond donors (Lipinski definition) is 1. The minimum Gasteiger partial charge on any atom is -0.378 e. The van der Waals surface area contributed by atoms with Crippen LogP contribution in [-0.4, -0.2) is 36.1 Å². The van der Waals surface area contributed by atoms with Crippen molar-refractivity contribution in [3.63, 3.8) is 0 Å². The smallest absolute Gasteiger partial charge is 0.241 e. The summed E-state index contributed by atoms with van der Waals surface area (Å²) in [7, 11) is 0. The molecule has 1 amide bonds. The van der Waals surface area contributed by atoms with Crippen molar-refractivity contribution in [1.82, 2.24) is 10.2 Å². The van der Waals surface area contributed by atoms with E-state index in [0.717, 1.165) is 26.0 Å². The highest BCUT2D eigenvalue weighted by molar-refractivity contribution is 7.07. The van der Waals surface area contributed by atoms with Crippen molar-refractivity contribution < 1.29 is 9.53 Å². The van der Waals surface area contributed by atoms with Gasteiger partial charge < -0.3 is 9.64 Å². The lowest BCUT2D eigenvalue weighted by atomic mass is 10.1. The first-order valence-corrected chi connectivity index (χ1v) is 8.40. The van der Waals surface area contributed by atoms with Gasteiger partial charge in [-0.15, -0.1) is 0 Å². The quantitative estimate of drug-likeness (QED) is 0.928. The van der Waals surface area contributed by atoms with Crippen LogP contribution < -0.4 is 5.32 Å². The minimum atomic E-state index is -0.0906. The molecule has 3 heterocycles. The van der Waals surface area contributed by atoms with Crippen LogP contribution in [0.5, 0.6) is 0 Å². The first-order chi connectivity index (χ1) is 9.75. The predicted molar refractivity (Wildman–Crippen MR) is 79.6 cm³/mol. The molecule has 1 aromatic heterocycles. The molecular weight excluding hydrogens is 272 g/mol. The maximum atomic E-state index is 12.3. The molecule has 2 fully saturated rings. The molecule has 3 atom stereocenters. The molecule has 1 aromatic rings. The average Bonchev–Trinajstić information content (AvgIpc) is 3.08. The van der Waals surface area contributed by atoms with Crippen LogP contribution in [0.15, 0.2) is 16.8 Å². The van der Waals surface area contributed by atoms with Crippen molar-refractivity contribution in [2.24, 2.45) is 0 Å². The van der Waals surface area contributed by atoms with Crippen LogP contribution in [0.2, 0.25) is 0 Å². The molecule has 1 N–H and O–H groups in total. The van der Waals surface area contributed by atoms with Gasteiger partial charge in [0, 0.05) is 13.2 Å². The average molecular weight is 294 g/mol. The van der Waals surface area contributed by atoms with Gasteiger partial charge in [0.05, 0.1) is 12.1 Å². The lowest BCUT2D eigenvalue weighted by Gasteiger charge is -2.28. The highest BCUT2D eigenvalue weighted by atomic mass is 32.1. The zero-order chi connectivity index (χ0) is 13.9. The van der Waals surface area contributed by atoms with E-state index in [-0.39, 0.29) is 18.1 Å². The Hall–Kier alpha value is -0.910. The molecule has 0 spiro atoms. The minimum absolute atomic E-state index is 0.0346. The Morgan fingerprint density at radius 3 is 3.10 bits per heavy atom. The summed E-state index contributed by atoms with van der Waals surface area (Å²) in [5, 5.41) is 7.57. The van der Waals surface area contributed by atoms with Crippen molar-refractivity contribution in [2.75, 3.05) is 13.2 Å². The van der Waals surface area contributed by atoms with E-state index in [9.17, 15) is 4.79 Å². The summed E-state index contributed by atoms with van der Waals surface area (Å²) in [6, 6.07) is 2.00. The lowest BCUT2D eigenvalue weighted by molar-refractivity contribution is -0.130. The van der Waals surface area contributed by atoms with Crippen LogP contribution in [0.1, 0.15) is 44.3 Å². The Morgan fingerprint density at radius 1 is 1.50 bits per heavy atom. The summed E-state index contributed by atoms with van der Waals surface area (Å²) in [5.74, 6) is 0.206. The molecule has 0 bridgehead atoms. The second kappa shape index (κ2) is 6.24. The molecule has 0 aromatic carbocycles. The Bertz CT molecular complexity index is 443. The Kier molecular flexibility index (Phi) is 4.38. The third kappa shape index (κ3) is 2.90. The highest BCUT2D eigenvalue weighted by Gasteiger charge is 2.37. The summed E-state index contributed by atoms with van der Waals surface area (Å²) in [6.45, 7) is 3.60. The second-order valence-corrected chi connectivity index (χ2v) is 6.44. The molecule has 0 saturated carbocycles. The number of nitrogens with zero attached hydrogens (tertiary/aromatic N) is 1. The van der Waals surface area contributed by atoms with Crippen molar-refractivity contribution >= 4 is 17.2 Å². The normalized spacial score (nSPS) is 30.9. The number of ether oxygens (including phenoxy) is 1. The van der Waals surface area contributed by atoms with Gasteiger partial charge in [0.15, 0.2) is 0 Å². The van der Waals surface area contributed by atoms with Crippen LogP contribution in [0.4, 0.5) is 0 Å². The van der Waals surface area contributed by atoms with E-state index in [0.29, 0.717) is 6.10 Å². The van der Waals surface area contributed by atoms with Crippen molar-refractivity contribution in [2.45, 2.75) is 50.9 Å². The van der Waals surface area contributed by atoms with Gasteiger partial charge in [0.2, 0.25) is 5.91 Å². The fourth-order valence-corrected chi connectivity index (χ4v) is 3.72. The number of thiophene rings is 1. The van der Waals surface area contributed by atoms with Gasteiger partial charge in [-0.3, -0.25) is 10.1 Å². The summed E-state index contributed by atoms with van der Waals surface area (Å²) in [4.78, 5) is 14.3. The number of rotatable bonds is 4. The molecule has 3 unspecified atom stereocenters. The Balaban J connectivity index is 1.63. The van der Waals surface area contributed by atoms with Crippen LogP contribution in [0.3, 0.4) is 0 Å². The largest absolute Gasteiger partial charge is 0.378 e. The monoisotopic (exact) mass is 294 g/mol. The third-order valence-corrected chi connectivity index (χ3v) is 4.90. The molecular formula is C15H22N2O2S. The van der Waals surface area contributed by atoms with Gasteiger partial charge in [-0.25, -0.2) is 0 Å². The summed E-state index contributed by atoms with van der Waals surface area (Å²) < 4.78 is 5.77. The summed E-state index contributed by atoms with van der Waals surface area (Å²) >= 11 is 1.67. The van der Waals surface area contributed by atoms with Gasteiger partial charge >= 0.3 is 0 Å². The molecule has 0 radical (unpaired) electrons. The van der Waals surface area contributed by atoms with Crippen LogP contribution >= 0.6 is 11.3 Å². The molecule has 20 heavy (non-hydrogen) atoms. The first kappa shape index (κ1) is 14.0. The zero-order valence-electron chi connectivity index (χ0n) is 11.9. The number of carbonyl (C=O) groups is 1. The Labute approximate surface area is 124 Å². The first-order valence-electron chi connectivity index (χ1n) is 7.46. The maximum absolute atomic E-state index is 12.3. The van der Waals surface area contributed by atoms with Crippen molar-refractivity contribution in [3.8, 4) is 0 Å². The number of carbonyl (C=O) groups excluding carboxylic acids is 1. The molecule has 2 aliphatic rings. The molecule has 2 saturated heterocycles. The molecule has 4 nitrogen and oxygen atoms in total. The predicted octanol–water partition coefficient (Wildman–Crippen LogP) is 2.53. The lowest BCUT2D eigenvalue weighted by Crippen LogP contribution is -2.34. The van der Waals surface area contributed by atoms with E-state index in [1.165, 1.54) is 18.4 Å². The van der Waals surface area contributed by atoms with Gasteiger partial charge in [-0.05, 0) is 55.0 Å². The fourth-order valence-electron chi connectivity index (χ4n) is 3.04. The molecule has 0 aliphatic carbocycles. The van der Waals surface area contributed by atoms with Crippen LogP contribution in [0.25, 0.3) is 0 Å². The van der Waals surface area contributed by atoms with E-state index in [1.807, 2.05) is 11.8 Å². The van der Waals surface area contributed by atoms with Crippen LogP contribution in [-0.2, 0) is 9.53 Å². The molecule has 5 heteroatoms. The Morgan fingerprint density at radius 2 is 2.40 bits per heavy atom. The maximum Gasteiger partial charge on any atom is 0.241 e. The number of hydrogen-bond acceptors (Lipinski definition) is 4. The fraction of sp³-hybridized carbons (Fsp3) is 0.667. The van der Waals surface area contributed by atoms with E-state index >= 15 is 0 Å². The van der Waals surface area contributed by atoms with Gasteiger partial charge in [0.1, 0.15) is 6.17 Å². The van der Waals surface area contributed by atoms with Gasteiger partial charge in [0.25, 0.3) is 0 Å². The van der Waals surface area contributed by atoms with E-state index < -0.39 is 0 Å². The van der Waals surface area contributed by atoms with Crippen molar-refractivity contribution in [3.05, 3.63) is 22.4 Å². The van der Waals surface area contributed by atoms with Crippen molar-refractivity contribution in [1.29, 1.82) is 0 Å². The summed E-state index contributed by atoms with van der Waals surface area (Å²) in [5.41, 5.74) is 1.19. The second-order valence-electron chi connectivity index (χ2n) is 5.66. The molecule has 110 valence electrons. The molecule has 2 aliphatic heterocycles. The third-order valence-electron chi connectivity index (χ3n) is 4.20. The van der Waals surface area contributed by atoms with Gasteiger partial charge in [-0.1, -0.05) is 0 Å². The standard InChI is InChI=1S/C15H22N2O2S/c1-11-15(18)17(7-5-13-4-2-3-8-19-13)14(16-11)12-6-9-20-10-12/h6,9-11,13-14,16H,2-5,7-8H2,1H3. The number of nitrogens with one attached hydrogen (secondary N) is 1. The highest BCUT2D eigenvalue weighted by Crippen LogP contribution is 2.28. The SMILES string of the molecule is CC1NC(c2ccsc2)N(CCC2CCCCO2)C1=O. The van der Waals surface area contributed by atoms with E-state index in [4.69, 9.17) is 4.74 Å². The topological polar surface area (TPSA) is 41.6 Å². The van der Waals surface area contributed by atoms with Gasteiger partial charge in [-0.2, -0.15) is 11.3 Å². The van der Waals surface area contributed by atoms with E-state index in [2.05, 4.69) is 22.1 Å². The van der Waals surface area contributed by atoms with E-state index in [1.54, 1.807) is 11.3 Å². The zero-order valence-corrected chi connectivity index (χ0v) is 12.7.